The quantitative estimate of drug-likeness (QED) is 0.508. The van der Waals surface area contributed by atoms with E-state index < -0.39 is 12.7 Å². The van der Waals surface area contributed by atoms with Gasteiger partial charge < -0.3 is 14.4 Å². The van der Waals surface area contributed by atoms with Crippen molar-refractivity contribution in [3.63, 3.8) is 0 Å². The monoisotopic (exact) mass is 454 g/mol. The van der Waals surface area contributed by atoms with Gasteiger partial charge in [-0.3, -0.25) is 14.5 Å². The fourth-order valence-electron chi connectivity index (χ4n) is 3.03. The van der Waals surface area contributed by atoms with Gasteiger partial charge in [0.05, 0.1) is 12.0 Å². The standard InChI is InChI=1S/C19H20F2N4O3S2/c1-11(25-16(22-23-19(25)29)15-5-4-8-30-15)17(26)24(2)10-12-6-7-13(27-3)14(9-12)28-18(20)21/h4-9,11,18H,10H2,1-3H3,(H,23,29). The summed E-state index contributed by atoms with van der Waals surface area (Å²) in [5, 5.41) is 8.90. The van der Waals surface area contributed by atoms with Gasteiger partial charge >= 0.3 is 6.61 Å². The maximum Gasteiger partial charge on any atom is 0.387 e. The van der Waals surface area contributed by atoms with E-state index in [0.717, 1.165) is 4.88 Å². The van der Waals surface area contributed by atoms with E-state index in [1.165, 1.54) is 35.5 Å². The minimum absolute atomic E-state index is 0.0871. The second kappa shape index (κ2) is 9.35. The molecule has 0 radical (unpaired) electrons. The number of thiophene rings is 1. The first-order valence-corrected chi connectivity index (χ1v) is 10.2. The second-order valence-electron chi connectivity index (χ2n) is 6.43. The van der Waals surface area contributed by atoms with Gasteiger partial charge in [-0.05, 0) is 48.3 Å². The van der Waals surface area contributed by atoms with Gasteiger partial charge in [-0.25, -0.2) is 0 Å². The van der Waals surface area contributed by atoms with E-state index in [4.69, 9.17) is 17.0 Å². The Morgan fingerprint density at radius 1 is 1.37 bits per heavy atom. The molecular formula is C19H20F2N4O3S2. The number of rotatable bonds is 8. The Balaban J connectivity index is 1.80. The van der Waals surface area contributed by atoms with Gasteiger partial charge in [-0.15, -0.1) is 11.3 Å². The molecule has 7 nitrogen and oxygen atoms in total. The van der Waals surface area contributed by atoms with E-state index in [0.29, 0.717) is 16.2 Å². The summed E-state index contributed by atoms with van der Waals surface area (Å²) >= 11 is 6.81. The Labute approximate surface area is 180 Å². The van der Waals surface area contributed by atoms with Crippen molar-refractivity contribution in [3.05, 3.63) is 46.0 Å². The third kappa shape index (κ3) is 4.68. The van der Waals surface area contributed by atoms with Crippen LogP contribution in [0.1, 0.15) is 18.5 Å². The highest BCUT2D eigenvalue weighted by molar-refractivity contribution is 7.71. The molecule has 0 spiro atoms. The van der Waals surface area contributed by atoms with E-state index in [-0.39, 0.29) is 24.0 Å². The van der Waals surface area contributed by atoms with E-state index in [2.05, 4.69) is 14.9 Å². The third-order valence-corrected chi connectivity index (χ3v) is 5.58. The Hall–Kier alpha value is -2.79. The first kappa shape index (κ1) is 21.9. The molecule has 1 aromatic carbocycles. The molecule has 0 fully saturated rings. The first-order chi connectivity index (χ1) is 14.3. The number of nitrogens with one attached hydrogen (secondary N) is 1. The highest BCUT2D eigenvalue weighted by atomic mass is 32.1. The molecule has 1 unspecified atom stereocenters. The fourth-order valence-corrected chi connectivity index (χ4v) is 4.03. The van der Waals surface area contributed by atoms with Gasteiger partial charge in [0.1, 0.15) is 6.04 Å². The molecule has 2 heterocycles. The summed E-state index contributed by atoms with van der Waals surface area (Å²) in [5.74, 6) is 0.474. The van der Waals surface area contributed by atoms with Crippen LogP contribution >= 0.6 is 23.6 Å². The fraction of sp³-hybridized carbons (Fsp3) is 0.316. The van der Waals surface area contributed by atoms with Gasteiger partial charge in [0.15, 0.2) is 22.1 Å². The predicted molar refractivity (Wildman–Crippen MR) is 112 cm³/mol. The Morgan fingerprint density at radius 3 is 2.77 bits per heavy atom. The number of likely N-dealkylation sites (N-methyl/N-ethyl adjacent to an activating group) is 1. The number of carbonyl (C=O) groups excluding carboxylic acids is 1. The number of carbonyl (C=O) groups is 1. The molecule has 2 aromatic heterocycles. The summed E-state index contributed by atoms with van der Waals surface area (Å²) < 4.78 is 36.9. The molecule has 0 aliphatic heterocycles. The number of aromatic amines is 1. The van der Waals surface area contributed by atoms with Crippen LogP contribution in [0.25, 0.3) is 10.7 Å². The third-order valence-electron chi connectivity index (χ3n) is 4.43. The van der Waals surface area contributed by atoms with Crippen molar-refractivity contribution in [2.45, 2.75) is 26.1 Å². The number of alkyl halides is 2. The summed E-state index contributed by atoms with van der Waals surface area (Å²) in [4.78, 5) is 15.4. The minimum Gasteiger partial charge on any atom is -0.493 e. The summed E-state index contributed by atoms with van der Waals surface area (Å²) in [6, 6.07) is 7.81. The van der Waals surface area contributed by atoms with Crippen molar-refractivity contribution in [2.24, 2.45) is 0 Å². The van der Waals surface area contributed by atoms with Gasteiger partial charge in [0.2, 0.25) is 5.91 Å². The predicted octanol–water partition coefficient (Wildman–Crippen LogP) is 4.50. The SMILES string of the molecule is COc1ccc(CN(C)C(=O)C(C)n2c(-c3cccs3)n[nH]c2=S)cc1OC(F)F. The number of amides is 1. The van der Waals surface area contributed by atoms with Crippen molar-refractivity contribution < 1.29 is 23.0 Å². The zero-order valence-corrected chi connectivity index (χ0v) is 18.1. The summed E-state index contributed by atoms with van der Waals surface area (Å²) in [6.45, 7) is -1.06. The topological polar surface area (TPSA) is 72.4 Å². The molecule has 0 saturated carbocycles. The van der Waals surface area contributed by atoms with Crippen LogP contribution < -0.4 is 9.47 Å². The number of H-pyrrole nitrogens is 1. The van der Waals surface area contributed by atoms with Crippen LogP contribution in [0.4, 0.5) is 8.78 Å². The highest BCUT2D eigenvalue weighted by Crippen LogP contribution is 2.30. The molecule has 0 saturated heterocycles. The molecule has 0 aliphatic carbocycles. The van der Waals surface area contributed by atoms with Crippen LogP contribution in [-0.2, 0) is 11.3 Å². The number of nitrogens with zero attached hydrogens (tertiary/aromatic N) is 3. The molecule has 1 N–H and O–H groups in total. The summed E-state index contributed by atoms with van der Waals surface area (Å²) in [5.41, 5.74) is 0.615. The smallest absolute Gasteiger partial charge is 0.387 e. The maximum absolute atomic E-state index is 13.1. The average molecular weight is 455 g/mol. The van der Waals surface area contributed by atoms with Crippen LogP contribution in [0.5, 0.6) is 11.5 Å². The molecule has 160 valence electrons. The lowest BCUT2D eigenvalue weighted by Crippen LogP contribution is -2.33. The van der Waals surface area contributed by atoms with Gasteiger partial charge in [0.25, 0.3) is 0 Å². The molecular weight excluding hydrogens is 434 g/mol. The lowest BCUT2D eigenvalue weighted by Gasteiger charge is -2.23. The first-order valence-electron chi connectivity index (χ1n) is 8.89. The number of hydrogen-bond donors (Lipinski definition) is 1. The van der Waals surface area contributed by atoms with Crippen LogP contribution in [-0.4, -0.2) is 46.3 Å². The number of benzene rings is 1. The van der Waals surface area contributed by atoms with Gasteiger partial charge in [0, 0.05) is 13.6 Å². The summed E-state index contributed by atoms with van der Waals surface area (Å²) in [6.07, 6.45) is 0. The normalized spacial score (nSPS) is 12.1. The van der Waals surface area contributed by atoms with E-state index in [9.17, 15) is 13.6 Å². The number of methoxy groups -OCH3 is 1. The minimum atomic E-state index is -2.98. The molecule has 0 aliphatic rings. The highest BCUT2D eigenvalue weighted by Gasteiger charge is 2.24. The largest absolute Gasteiger partial charge is 0.493 e. The molecule has 11 heteroatoms. The molecule has 1 amide bonds. The Kier molecular flexibility index (Phi) is 6.83. The average Bonchev–Trinajstić information content (AvgIpc) is 3.36. The molecule has 0 bridgehead atoms. The van der Waals surface area contributed by atoms with Crippen molar-refractivity contribution in [1.29, 1.82) is 0 Å². The van der Waals surface area contributed by atoms with E-state index in [1.807, 2.05) is 17.5 Å². The van der Waals surface area contributed by atoms with Crippen LogP contribution in [0.2, 0.25) is 0 Å². The van der Waals surface area contributed by atoms with Crippen LogP contribution in [0.15, 0.2) is 35.7 Å². The number of aromatic nitrogens is 3. The van der Waals surface area contributed by atoms with Crippen LogP contribution in [0, 0.1) is 4.77 Å². The van der Waals surface area contributed by atoms with E-state index in [1.54, 1.807) is 24.6 Å². The molecule has 3 aromatic rings. The van der Waals surface area contributed by atoms with E-state index >= 15 is 0 Å². The van der Waals surface area contributed by atoms with Crippen molar-refractivity contribution >= 4 is 29.5 Å². The van der Waals surface area contributed by atoms with Crippen LogP contribution in [0.3, 0.4) is 0 Å². The summed E-state index contributed by atoms with van der Waals surface area (Å²) in [7, 11) is 3.00. The second-order valence-corrected chi connectivity index (χ2v) is 7.77. The number of ether oxygens (including phenoxy) is 2. The number of hydrogen-bond acceptors (Lipinski definition) is 6. The zero-order chi connectivity index (χ0) is 21.8. The Morgan fingerprint density at radius 2 is 2.13 bits per heavy atom. The van der Waals surface area contributed by atoms with Crippen molar-refractivity contribution in [3.8, 4) is 22.2 Å². The maximum atomic E-state index is 13.1. The Bertz CT molecular complexity index is 1070. The lowest BCUT2D eigenvalue weighted by atomic mass is 10.1. The van der Waals surface area contributed by atoms with Gasteiger partial charge in [-0.2, -0.15) is 13.9 Å². The lowest BCUT2D eigenvalue weighted by molar-refractivity contribution is -0.133. The number of halogens is 2. The van der Waals surface area contributed by atoms with Gasteiger partial charge in [-0.1, -0.05) is 12.1 Å². The molecule has 3 rings (SSSR count). The zero-order valence-electron chi connectivity index (χ0n) is 16.5. The molecule has 1 atom stereocenters. The van der Waals surface area contributed by atoms with Crippen molar-refractivity contribution in [1.82, 2.24) is 19.7 Å². The molecule has 30 heavy (non-hydrogen) atoms. The van der Waals surface area contributed by atoms with Crippen molar-refractivity contribution in [2.75, 3.05) is 14.2 Å².